The van der Waals surface area contributed by atoms with E-state index in [4.69, 9.17) is 11.6 Å². The summed E-state index contributed by atoms with van der Waals surface area (Å²) in [5.41, 5.74) is 2.42. The zero-order valence-electron chi connectivity index (χ0n) is 19.0. The van der Waals surface area contributed by atoms with Crippen molar-refractivity contribution in [1.82, 2.24) is 25.5 Å². The third-order valence-electron chi connectivity index (χ3n) is 6.68. The predicted molar refractivity (Wildman–Crippen MR) is 138 cm³/mol. The van der Waals surface area contributed by atoms with E-state index in [1.807, 2.05) is 18.2 Å². The van der Waals surface area contributed by atoms with E-state index in [0.717, 1.165) is 68.3 Å². The van der Waals surface area contributed by atoms with E-state index in [0.29, 0.717) is 15.7 Å². The van der Waals surface area contributed by atoms with E-state index >= 15 is 0 Å². The van der Waals surface area contributed by atoms with Crippen molar-refractivity contribution in [1.29, 1.82) is 0 Å². The summed E-state index contributed by atoms with van der Waals surface area (Å²) >= 11 is 7.57. The zero-order chi connectivity index (χ0) is 22.9. The minimum Gasteiger partial charge on any atom is -0.351 e. The van der Waals surface area contributed by atoms with Crippen molar-refractivity contribution in [2.45, 2.75) is 57.7 Å². The number of carbonyl (C=O) groups excluding carboxylic acids is 2. The van der Waals surface area contributed by atoms with E-state index in [2.05, 4.69) is 32.4 Å². The number of rotatable bonds is 5. The summed E-state index contributed by atoms with van der Waals surface area (Å²) in [7, 11) is 0. The highest BCUT2D eigenvalue weighted by Crippen LogP contribution is 2.26. The Kier molecular flexibility index (Phi) is 7.82. The second-order valence-electron chi connectivity index (χ2n) is 8.87. The number of hydrogen-bond acceptors (Lipinski definition) is 5. The summed E-state index contributed by atoms with van der Waals surface area (Å²) in [6.07, 6.45) is 4.63. The van der Waals surface area contributed by atoms with Gasteiger partial charge in [-0.3, -0.25) is 14.5 Å². The van der Waals surface area contributed by atoms with Gasteiger partial charge in [0.1, 0.15) is 5.69 Å². The van der Waals surface area contributed by atoms with Crippen molar-refractivity contribution in [2.75, 3.05) is 13.1 Å². The van der Waals surface area contributed by atoms with Gasteiger partial charge in [0.05, 0.1) is 5.69 Å². The second-order valence-corrected chi connectivity index (χ2v) is 10.4. The number of benzene rings is 1. The lowest BCUT2D eigenvalue weighted by Gasteiger charge is -2.32. The Morgan fingerprint density at radius 3 is 2.65 bits per heavy atom. The number of amides is 2. The molecule has 5 rings (SSSR count). The largest absolute Gasteiger partial charge is 0.351 e. The van der Waals surface area contributed by atoms with Crippen LogP contribution in [0.25, 0.3) is 10.9 Å². The van der Waals surface area contributed by atoms with E-state index < -0.39 is 0 Å². The topological polar surface area (TPSA) is 90.1 Å². The van der Waals surface area contributed by atoms with Crippen LogP contribution in [0.1, 0.15) is 63.5 Å². The van der Waals surface area contributed by atoms with Crippen LogP contribution in [-0.4, -0.2) is 51.9 Å². The molecule has 182 valence electrons. The number of fused-ring (bicyclic) bond motifs is 2. The monoisotopic (exact) mass is 521 g/mol. The normalized spacial score (nSPS) is 20.4. The Morgan fingerprint density at radius 1 is 1.18 bits per heavy atom. The van der Waals surface area contributed by atoms with Gasteiger partial charge in [-0.2, -0.15) is 0 Å². The molecule has 1 aliphatic carbocycles. The maximum atomic E-state index is 13.0. The van der Waals surface area contributed by atoms with Crippen molar-refractivity contribution in [3.63, 3.8) is 0 Å². The first-order chi connectivity index (χ1) is 16.0. The van der Waals surface area contributed by atoms with Crippen molar-refractivity contribution in [3.05, 3.63) is 50.6 Å². The van der Waals surface area contributed by atoms with Gasteiger partial charge in [-0.1, -0.05) is 31.4 Å². The van der Waals surface area contributed by atoms with Crippen LogP contribution in [0.5, 0.6) is 0 Å². The average Bonchev–Trinajstić information content (AvgIpc) is 3.43. The van der Waals surface area contributed by atoms with Crippen molar-refractivity contribution < 1.29 is 9.59 Å². The van der Waals surface area contributed by atoms with Gasteiger partial charge in [-0.15, -0.1) is 23.7 Å². The molecule has 1 saturated carbocycles. The molecule has 1 fully saturated rings. The van der Waals surface area contributed by atoms with Gasteiger partial charge in [0.15, 0.2) is 5.01 Å². The molecule has 1 aromatic carbocycles. The average molecular weight is 523 g/mol. The fourth-order valence-corrected chi connectivity index (χ4v) is 6.03. The Balaban J connectivity index is 0.00000274. The summed E-state index contributed by atoms with van der Waals surface area (Å²) in [5, 5.41) is 8.36. The van der Waals surface area contributed by atoms with Crippen LogP contribution >= 0.6 is 35.3 Å². The van der Waals surface area contributed by atoms with E-state index in [-0.39, 0.29) is 36.3 Å². The molecule has 34 heavy (non-hydrogen) atoms. The van der Waals surface area contributed by atoms with E-state index in [9.17, 15) is 9.59 Å². The van der Waals surface area contributed by atoms with Crippen molar-refractivity contribution in [2.24, 2.45) is 0 Å². The number of H-pyrrole nitrogens is 1. The molecule has 3 N–H and O–H groups in total. The molecule has 10 heteroatoms. The first kappa shape index (κ1) is 25.0. The summed E-state index contributed by atoms with van der Waals surface area (Å²) < 4.78 is 0. The molecule has 3 aromatic rings. The van der Waals surface area contributed by atoms with Crippen LogP contribution in [0.3, 0.4) is 0 Å². The van der Waals surface area contributed by atoms with Crippen molar-refractivity contribution in [3.8, 4) is 0 Å². The van der Waals surface area contributed by atoms with Crippen LogP contribution < -0.4 is 10.6 Å². The third-order valence-corrected chi connectivity index (χ3v) is 7.99. The number of aromatic nitrogens is 2. The molecule has 0 spiro atoms. The van der Waals surface area contributed by atoms with Crippen LogP contribution in [-0.2, 0) is 13.0 Å². The maximum absolute atomic E-state index is 13.0. The third kappa shape index (κ3) is 5.25. The molecule has 2 amide bonds. The lowest BCUT2D eigenvalue weighted by atomic mass is 9.90. The van der Waals surface area contributed by atoms with Gasteiger partial charge < -0.3 is 15.6 Å². The molecular weight excluding hydrogens is 493 g/mol. The smallest absolute Gasteiger partial charge is 0.280 e. The Hall–Kier alpha value is -2.13. The van der Waals surface area contributed by atoms with Gasteiger partial charge in [0.25, 0.3) is 11.8 Å². The highest BCUT2D eigenvalue weighted by atomic mass is 35.5. The van der Waals surface area contributed by atoms with Crippen LogP contribution in [0.4, 0.5) is 0 Å². The highest BCUT2D eigenvalue weighted by Gasteiger charge is 2.30. The van der Waals surface area contributed by atoms with Gasteiger partial charge in [0, 0.05) is 52.4 Å². The van der Waals surface area contributed by atoms with Crippen LogP contribution in [0, 0.1) is 0 Å². The van der Waals surface area contributed by atoms with Crippen LogP contribution in [0.2, 0.25) is 5.02 Å². The summed E-state index contributed by atoms with van der Waals surface area (Å²) in [6.45, 7) is 5.02. The molecule has 0 bridgehead atoms. The number of aromatic amines is 1. The molecule has 1 aliphatic heterocycles. The second kappa shape index (κ2) is 10.6. The molecule has 3 heterocycles. The fraction of sp³-hybridized carbons (Fsp3) is 0.458. The molecule has 0 radical (unpaired) electrons. The first-order valence-electron chi connectivity index (χ1n) is 11.6. The minimum absolute atomic E-state index is 0. The standard InChI is InChI=1S/C24H28ClN5O2S.ClH/c1-2-30-10-9-19-21(13-30)33-24(29-19)23(32)28-18-6-4-3-5-17(18)27-22(31)20-12-14-11-15(25)7-8-16(14)26-20;/h7-8,11-12,17-18,26H,2-6,9-10,13H2,1H3,(H,27,31)(H,28,32);1H/t17-,18+;/m1./s1. The Bertz CT molecular complexity index is 1190. The molecule has 7 nitrogen and oxygen atoms in total. The SMILES string of the molecule is CCN1CCc2nc(C(=O)N[C@H]3CCCC[C@H]3NC(=O)c3cc4cc(Cl)ccc4[nH]3)sc2C1.Cl. The van der Waals surface area contributed by atoms with Crippen molar-refractivity contribution >= 4 is 58.1 Å². The molecule has 2 aliphatic rings. The van der Waals surface area contributed by atoms with Gasteiger partial charge in [0.2, 0.25) is 0 Å². The number of likely N-dealkylation sites (N-methyl/N-ethyl adjacent to an activating group) is 1. The van der Waals surface area contributed by atoms with E-state index in [1.54, 1.807) is 6.07 Å². The highest BCUT2D eigenvalue weighted by molar-refractivity contribution is 7.13. The fourth-order valence-electron chi connectivity index (χ4n) is 4.79. The first-order valence-corrected chi connectivity index (χ1v) is 12.8. The number of carbonyl (C=O) groups is 2. The lowest BCUT2D eigenvalue weighted by molar-refractivity contribution is 0.0860. The lowest BCUT2D eigenvalue weighted by Crippen LogP contribution is -2.53. The predicted octanol–water partition coefficient (Wildman–Crippen LogP) is 4.55. The minimum atomic E-state index is -0.169. The molecule has 0 unspecified atom stereocenters. The molecule has 2 atom stereocenters. The Morgan fingerprint density at radius 2 is 1.91 bits per heavy atom. The van der Waals surface area contributed by atoms with Crippen LogP contribution in [0.15, 0.2) is 24.3 Å². The number of hydrogen-bond donors (Lipinski definition) is 3. The number of nitrogens with zero attached hydrogens (tertiary/aromatic N) is 2. The number of halogens is 2. The quantitative estimate of drug-likeness (QED) is 0.459. The molecule has 0 saturated heterocycles. The molecular formula is C24H29Cl2N5O2S. The van der Waals surface area contributed by atoms with Gasteiger partial charge >= 0.3 is 0 Å². The van der Waals surface area contributed by atoms with E-state index in [1.165, 1.54) is 16.2 Å². The van der Waals surface area contributed by atoms with Gasteiger partial charge in [-0.25, -0.2) is 4.98 Å². The number of nitrogens with one attached hydrogen (secondary N) is 3. The summed E-state index contributed by atoms with van der Waals surface area (Å²) in [5.74, 6) is -0.304. The zero-order valence-corrected chi connectivity index (χ0v) is 21.4. The summed E-state index contributed by atoms with van der Waals surface area (Å²) in [6, 6.07) is 7.09. The molecule has 2 aromatic heterocycles. The summed E-state index contributed by atoms with van der Waals surface area (Å²) in [4.78, 5) is 37.3. The van der Waals surface area contributed by atoms with Gasteiger partial charge in [-0.05, 0) is 43.7 Å². The number of thiazole rings is 1. The Labute approximate surface area is 214 Å². The maximum Gasteiger partial charge on any atom is 0.280 e.